The summed E-state index contributed by atoms with van der Waals surface area (Å²) in [7, 11) is 0. The fourth-order valence-electron chi connectivity index (χ4n) is 4.04. The average molecular weight is 464 g/mol. The molecule has 1 aromatic heterocycles. The lowest BCUT2D eigenvalue weighted by atomic mass is 10.0. The van der Waals surface area contributed by atoms with Crippen LogP contribution in [0.1, 0.15) is 34.7 Å². The third-order valence-electron chi connectivity index (χ3n) is 5.85. The van der Waals surface area contributed by atoms with E-state index in [1.54, 1.807) is 17.3 Å². The van der Waals surface area contributed by atoms with E-state index in [1.807, 2.05) is 103 Å². The fourth-order valence-corrected chi connectivity index (χ4v) is 4.04. The summed E-state index contributed by atoms with van der Waals surface area (Å²) in [6.45, 7) is 0.682. The fraction of sp³-hybridized carbons (Fsp3) is 0.167. The number of pyridine rings is 1. The molecule has 3 aromatic carbocycles. The summed E-state index contributed by atoms with van der Waals surface area (Å²) in [5, 5.41) is 3.02. The molecular weight excluding hydrogens is 434 g/mol. The van der Waals surface area contributed by atoms with Gasteiger partial charge in [-0.05, 0) is 34.7 Å². The van der Waals surface area contributed by atoms with Gasteiger partial charge in [-0.1, -0.05) is 97.1 Å². The van der Waals surface area contributed by atoms with Gasteiger partial charge < -0.3 is 10.2 Å². The summed E-state index contributed by atoms with van der Waals surface area (Å²) in [6.07, 6.45) is 4.36. The molecule has 1 N–H and O–H groups in total. The van der Waals surface area contributed by atoms with E-state index in [9.17, 15) is 9.59 Å². The number of amides is 2. The Hall–Kier alpha value is -4.25. The van der Waals surface area contributed by atoms with Crippen molar-refractivity contribution >= 4 is 11.8 Å². The number of carbonyl (C=O) groups is 2. The molecule has 0 radical (unpaired) electrons. The van der Waals surface area contributed by atoms with Gasteiger partial charge in [0.2, 0.25) is 11.8 Å². The number of aryl methyl sites for hydroxylation is 1. The van der Waals surface area contributed by atoms with Gasteiger partial charge in [-0.15, -0.1) is 0 Å². The number of rotatable bonds is 10. The Morgan fingerprint density at radius 1 is 0.743 bits per heavy atom. The van der Waals surface area contributed by atoms with E-state index in [4.69, 9.17) is 0 Å². The Labute approximate surface area is 206 Å². The maximum Gasteiger partial charge on any atom is 0.247 e. The van der Waals surface area contributed by atoms with Gasteiger partial charge in [0.1, 0.15) is 6.04 Å². The molecule has 0 fully saturated rings. The van der Waals surface area contributed by atoms with Crippen molar-refractivity contribution in [1.82, 2.24) is 15.2 Å². The van der Waals surface area contributed by atoms with Crippen LogP contribution in [0.3, 0.4) is 0 Å². The lowest BCUT2D eigenvalue weighted by molar-refractivity contribution is -0.141. The number of carbonyl (C=O) groups excluding carboxylic acids is 2. The highest BCUT2D eigenvalue weighted by Crippen LogP contribution is 2.25. The third-order valence-corrected chi connectivity index (χ3v) is 5.85. The van der Waals surface area contributed by atoms with E-state index in [-0.39, 0.29) is 11.8 Å². The minimum absolute atomic E-state index is 0.0666. The first-order chi connectivity index (χ1) is 17.2. The van der Waals surface area contributed by atoms with Crippen molar-refractivity contribution < 1.29 is 9.59 Å². The van der Waals surface area contributed by atoms with Crippen molar-refractivity contribution in [2.24, 2.45) is 0 Å². The molecule has 0 aliphatic heterocycles. The average Bonchev–Trinajstić information content (AvgIpc) is 2.92. The standard InChI is InChI=1S/C30H29N3O2/c34-28(19-18-24-11-4-1-5-12-24)33(23-25-13-6-2-7-14-25)29(27-16-8-3-9-17-27)30(35)32-22-26-15-10-20-31-21-26/h1-17,20-21,29H,18-19,22-23H2,(H,32,35)/t29-/m0/s1. The van der Waals surface area contributed by atoms with Gasteiger partial charge in [-0.25, -0.2) is 0 Å². The molecular formula is C30H29N3O2. The Balaban J connectivity index is 1.61. The number of aromatic nitrogens is 1. The second-order valence-electron chi connectivity index (χ2n) is 8.39. The van der Waals surface area contributed by atoms with Crippen LogP contribution in [0.5, 0.6) is 0 Å². The molecule has 176 valence electrons. The molecule has 0 spiro atoms. The van der Waals surface area contributed by atoms with Gasteiger partial charge in [0.15, 0.2) is 0 Å². The predicted molar refractivity (Wildman–Crippen MR) is 137 cm³/mol. The molecule has 0 bridgehead atoms. The first-order valence-corrected chi connectivity index (χ1v) is 11.8. The Kier molecular flexibility index (Phi) is 8.38. The highest BCUT2D eigenvalue weighted by Gasteiger charge is 2.31. The molecule has 5 nitrogen and oxygen atoms in total. The largest absolute Gasteiger partial charge is 0.350 e. The van der Waals surface area contributed by atoms with Gasteiger partial charge in [0, 0.05) is 31.9 Å². The highest BCUT2D eigenvalue weighted by atomic mass is 16.2. The van der Waals surface area contributed by atoms with Gasteiger partial charge in [0.25, 0.3) is 0 Å². The van der Waals surface area contributed by atoms with E-state index in [0.29, 0.717) is 25.9 Å². The second kappa shape index (κ2) is 12.3. The Bertz CT molecular complexity index is 1200. The van der Waals surface area contributed by atoms with Crippen molar-refractivity contribution in [1.29, 1.82) is 0 Å². The number of hydrogen-bond donors (Lipinski definition) is 1. The van der Waals surface area contributed by atoms with Crippen molar-refractivity contribution in [3.8, 4) is 0 Å². The number of nitrogens with one attached hydrogen (secondary N) is 1. The normalized spacial score (nSPS) is 11.4. The molecule has 0 unspecified atom stereocenters. The number of benzene rings is 3. The van der Waals surface area contributed by atoms with Crippen LogP contribution in [-0.2, 0) is 29.1 Å². The zero-order valence-corrected chi connectivity index (χ0v) is 19.6. The molecule has 0 aliphatic carbocycles. The third kappa shape index (κ3) is 6.87. The van der Waals surface area contributed by atoms with Crippen LogP contribution < -0.4 is 5.32 Å². The summed E-state index contributed by atoms with van der Waals surface area (Å²) in [5.41, 5.74) is 3.75. The van der Waals surface area contributed by atoms with Crippen LogP contribution in [0, 0.1) is 0 Å². The SMILES string of the molecule is O=C(NCc1cccnc1)[C@H](c1ccccc1)N(Cc1ccccc1)C(=O)CCc1ccccc1. The van der Waals surface area contributed by atoms with Crippen molar-refractivity contribution in [2.45, 2.75) is 32.0 Å². The van der Waals surface area contributed by atoms with Crippen molar-refractivity contribution in [3.63, 3.8) is 0 Å². The molecule has 1 heterocycles. The van der Waals surface area contributed by atoms with E-state index in [0.717, 1.165) is 22.3 Å². The van der Waals surface area contributed by atoms with Crippen LogP contribution in [-0.4, -0.2) is 21.7 Å². The molecule has 0 saturated carbocycles. The molecule has 0 aliphatic rings. The van der Waals surface area contributed by atoms with Gasteiger partial charge >= 0.3 is 0 Å². The maximum atomic E-state index is 13.7. The van der Waals surface area contributed by atoms with Gasteiger partial charge in [0.05, 0.1) is 0 Å². The lowest BCUT2D eigenvalue weighted by Crippen LogP contribution is -2.43. The molecule has 0 saturated heterocycles. The van der Waals surface area contributed by atoms with Crippen LogP contribution in [0.2, 0.25) is 0 Å². The molecule has 1 atom stereocenters. The van der Waals surface area contributed by atoms with Crippen molar-refractivity contribution in [3.05, 3.63) is 138 Å². The monoisotopic (exact) mass is 463 g/mol. The van der Waals surface area contributed by atoms with E-state index >= 15 is 0 Å². The minimum atomic E-state index is -0.753. The summed E-state index contributed by atoms with van der Waals surface area (Å²) in [4.78, 5) is 33.1. The molecule has 5 heteroatoms. The maximum absolute atomic E-state index is 13.7. The molecule has 4 aromatic rings. The molecule has 2 amide bonds. The highest BCUT2D eigenvalue weighted by molar-refractivity contribution is 5.88. The smallest absolute Gasteiger partial charge is 0.247 e. The van der Waals surface area contributed by atoms with Gasteiger partial charge in [-0.3, -0.25) is 14.6 Å². The second-order valence-corrected chi connectivity index (χ2v) is 8.39. The van der Waals surface area contributed by atoms with E-state index < -0.39 is 6.04 Å². The van der Waals surface area contributed by atoms with Crippen molar-refractivity contribution in [2.75, 3.05) is 0 Å². The molecule has 4 rings (SSSR count). The lowest BCUT2D eigenvalue weighted by Gasteiger charge is -2.32. The zero-order chi connectivity index (χ0) is 24.3. The Morgan fingerprint density at radius 3 is 1.97 bits per heavy atom. The van der Waals surface area contributed by atoms with Crippen LogP contribution in [0.15, 0.2) is 116 Å². The number of nitrogens with zero attached hydrogens (tertiary/aromatic N) is 2. The summed E-state index contributed by atoms with van der Waals surface area (Å²) in [6, 6.07) is 32.2. The summed E-state index contributed by atoms with van der Waals surface area (Å²) < 4.78 is 0. The van der Waals surface area contributed by atoms with E-state index in [1.165, 1.54) is 0 Å². The first-order valence-electron chi connectivity index (χ1n) is 11.8. The van der Waals surface area contributed by atoms with Gasteiger partial charge in [-0.2, -0.15) is 0 Å². The van der Waals surface area contributed by atoms with E-state index in [2.05, 4.69) is 10.3 Å². The summed E-state index contributed by atoms with van der Waals surface area (Å²) >= 11 is 0. The summed E-state index contributed by atoms with van der Waals surface area (Å²) in [5.74, 6) is -0.285. The molecule has 35 heavy (non-hydrogen) atoms. The minimum Gasteiger partial charge on any atom is -0.350 e. The quantitative estimate of drug-likeness (QED) is 0.356. The Morgan fingerprint density at radius 2 is 1.34 bits per heavy atom. The topological polar surface area (TPSA) is 62.3 Å². The zero-order valence-electron chi connectivity index (χ0n) is 19.6. The number of hydrogen-bond acceptors (Lipinski definition) is 3. The predicted octanol–water partition coefficient (Wildman–Crippen LogP) is 5.10. The van der Waals surface area contributed by atoms with Crippen LogP contribution in [0.4, 0.5) is 0 Å². The van der Waals surface area contributed by atoms with Crippen LogP contribution in [0.25, 0.3) is 0 Å². The van der Waals surface area contributed by atoms with Crippen LogP contribution >= 0.6 is 0 Å². The first kappa shape index (κ1) is 23.9.